The highest BCUT2D eigenvalue weighted by Gasteiger charge is 2.55. The number of nitrogens with one attached hydrogen (secondary N) is 1. The summed E-state index contributed by atoms with van der Waals surface area (Å²) in [4.78, 5) is 15.3. The minimum atomic E-state index is -0.00853. The Balaban J connectivity index is 1.43. The number of carbonyl (C=O) groups is 1. The standard InChI is InChI=1S/C22H26N2O2/c1-16-19(9-6-10-20(16)26-2)21(25)23-15-22-11-18(12-22)14-24(22)13-17-7-4-3-5-8-17/h3-10,18H,11-15H2,1-2H3,(H,23,25). The largest absolute Gasteiger partial charge is 0.496 e. The van der Waals surface area contributed by atoms with Gasteiger partial charge in [0.2, 0.25) is 0 Å². The minimum Gasteiger partial charge on any atom is -0.496 e. The third kappa shape index (κ3) is 2.99. The summed E-state index contributed by atoms with van der Waals surface area (Å²) in [7, 11) is 1.64. The lowest BCUT2D eigenvalue weighted by Crippen LogP contribution is -2.53. The van der Waals surface area contributed by atoms with Gasteiger partial charge in [-0.25, -0.2) is 0 Å². The highest BCUT2D eigenvalue weighted by Crippen LogP contribution is 2.50. The van der Waals surface area contributed by atoms with Crippen LogP contribution in [0.3, 0.4) is 0 Å². The lowest BCUT2D eigenvalue weighted by molar-refractivity contribution is 0.0797. The van der Waals surface area contributed by atoms with Crippen LogP contribution in [0.5, 0.6) is 5.75 Å². The maximum absolute atomic E-state index is 12.7. The van der Waals surface area contributed by atoms with E-state index in [0.717, 1.165) is 30.3 Å². The van der Waals surface area contributed by atoms with Crippen molar-refractivity contribution in [2.45, 2.75) is 31.8 Å². The number of nitrogens with zero attached hydrogens (tertiary/aromatic N) is 1. The van der Waals surface area contributed by atoms with Crippen molar-refractivity contribution >= 4 is 5.91 Å². The fourth-order valence-electron chi connectivity index (χ4n) is 4.62. The van der Waals surface area contributed by atoms with Gasteiger partial charge in [0, 0.05) is 36.3 Å². The van der Waals surface area contributed by atoms with Crippen molar-refractivity contribution in [3.05, 3.63) is 65.2 Å². The second-order valence-corrected chi connectivity index (χ2v) is 7.68. The van der Waals surface area contributed by atoms with Crippen molar-refractivity contribution in [3.63, 3.8) is 0 Å². The van der Waals surface area contributed by atoms with Gasteiger partial charge in [-0.1, -0.05) is 36.4 Å². The molecule has 136 valence electrons. The van der Waals surface area contributed by atoms with Gasteiger partial charge in [0.25, 0.3) is 5.91 Å². The third-order valence-electron chi connectivity index (χ3n) is 6.03. The summed E-state index contributed by atoms with van der Waals surface area (Å²) in [5.74, 6) is 1.53. The number of fused-ring (bicyclic) bond motifs is 1. The smallest absolute Gasteiger partial charge is 0.251 e. The van der Waals surface area contributed by atoms with Crippen molar-refractivity contribution in [3.8, 4) is 5.75 Å². The van der Waals surface area contributed by atoms with Gasteiger partial charge in [0.15, 0.2) is 0 Å². The van der Waals surface area contributed by atoms with E-state index in [2.05, 4.69) is 40.5 Å². The third-order valence-corrected chi connectivity index (χ3v) is 6.03. The molecule has 4 nitrogen and oxygen atoms in total. The number of amides is 1. The molecule has 3 fully saturated rings. The van der Waals surface area contributed by atoms with Gasteiger partial charge in [-0.15, -0.1) is 0 Å². The number of methoxy groups -OCH3 is 1. The number of rotatable bonds is 6. The van der Waals surface area contributed by atoms with Gasteiger partial charge in [-0.2, -0.15) is 0 Å². The van der Waals surface area contributed by atoms with E-state index in [1.54, 1.807) is 7.11 Å². The van der Waals surface area contributed by atoms with E-state index < -0.39 is 0 Å². The Kier molecular flexibility index (Phi) is 4.45. The topological polar surface area (TPSA) is 41.6 Å². The molecule has 2 aromatic rings. The Bertz CT molecular complexity index is 797. The Morgan fingerprint density at radius 1 is 1.19 bits per heavy atom. The van der Waals surface area contributed by atoms with Crippen molar-refractivity contribution in [1.29, 1.82) is 0 Å². The lowest BCUT2D eigenvalue weighted by Gasteiger charge is -2.42. The molecule has 1 N–H and O–H groups in total. The Labute approximate surface area is 155 Å². The van der Waals surface area contributed by atoms with Gasteiger partial charge in [-0.3, -0.25) is 9.69 Å². The van der Waals surface area contributed by atoms with E-state index in [4.69, 9.17) is 4.74 Å². The van der Waals surface area contributed by atoms with E-state index in [0.29, 0.717) is 12.1 Å². The van der Waals surface area contributed by atoms with E-state index >= 15 is 0 Å². The molecular weight excluding hydrogens is 324 g/mol. The van der Waals surface area contributed by atoms with E-state index in [1.165, 1.54) is 18.4 Å². The zero-order valence-electron chi connectivity index (χ0n) is 15.5. The summed E-state index contributed by atoms with van der Waals surface area (Å²) in [6.45, 7) is 4.75. The van der Waals surface area contributed by atoms with E-state index in [9.17, 15) is 4.79 Å². The first-order chi connectivity index (χ1) is 12.6. The van der Waals surface area contributed by atoms with Crippen LogP contribution in [-0.2, 0) is 6.54 Å². The number of hydrogen-bond acceptors (Lipinski definition) is 3. The number of hydrogen-bond donors (Lipinski definition) is 1. The SMILES string of the molecule is COc1cccc(C(=O)NCC23CC(CN2Cc2ccccc2)C3)c1C. The van der Waals surface area contributed by atoms with Crippen molar-refractivity contribution in [2.24, 2.45) is 5.92 Å². The van der Waals surface area contributed by atoms with Crippen LogP contribution in [0.1, 0.15) is 34.3 Å². The predicted octanol–water partition coefficient (Wildman–Crippen LogP) is 3.40. The summed E-state index contributed by atoms with van der Waals surface area (Å²) in [5.41, 5.74) is 3.06. The first kappa shape index (κ1) is 17.1. The molecule has 0 spiro atoms. The highest BCUT2D eigenvalue weighted by molar-refractivity contribution is 5.96. The molecule has 26 heavy (non-hydrogen) atoms. The van der Waals surface area contributed by atoms with Crippen molar-refractivity contribution < 1.29 is 9.53 Å². The molecule has 0 aromatic heterocycles. The maximum atomic E-state index is 12.7. The summed E-state index contributed by atoms with van der Waals surface area (Å²) in [5, 5.41) is 3.19. The van der Waals surface area contributed by atoms with E-state index in [-0.39, 0.29) is 11.4 Å². The molecule has 0 radical (unpaired) electrons. The molecule has 4 heteroatoms. The molecule has 3 aliphatic rings. The number of carbonyl (C=O) groups excluding carboxylic acids is 1. The van der Waals surface area contributed by atoms with Crippen LogP contribution in [0.4, 0.5) is 0 Å². The van der Waals surface area contributed by atoms with Gasteiger partial charge < -0.3 is 10.1 Å². The summed E-state index contributed by atoms with van der Waals surface area (Å²) in [6, 6.07) is 16.2. The zero-order chi connectivity index (χ0) is 18.1. The lowest BCUT2D eigenvalue weighted by atomic mass is 9.73. The molecule has 2 bridgehead atoms. The van der Waals surface area contributed by atoms with Crippen LogP contribution in [0.15, 0.2) is 48.5 Å². The second-order valence-electron chi connectivity index (χ2n) is 7.68. The minimum absolute atomic E-state index is 0.00853. The van der Waals surface area contributed by atoms with Crippen molar-refractivity contribution in [2.75, 3.05) is 20.2 Å². The highest BCUT2D eigenvalue weighted by atomic mass is 16.5. The molecule has 2 heterocycles. The quantitative estimate of drug-likeness (QED) is 0.868. The molecule has 0 unspecified atom stereocenters. The number of ether oxygens (including phenoxy) is 1. The molecule has 1 saturated carbocycles. The van der Waals surface area contributed by atoms with E-state index in [1.807, 2.05) is 25.1 Å². The van der Waals surface area contributed by atoms with Crippen LogP contribution in [0.2, 0.25) is 0 Å². The van der Waals surface area contributed by atoms with Gasteiger partial charge in [0.05, 0.1) is 7.11 Å². The fraction of sp³-hybridized carbons (Fsp3) is 0.409. The molecule has 0 atom stereocenters. The molecule has 2 saturated heterocycles. The molecule has 2 aromatic carbocycles. The van der Waals surface area contributed by atoms with Gasteiger partial charge in [0.1, 0.15) is 5.75 Å². The van der Waals surface area contributed by atoms with Crippen LogP contribution in [-0.4, -0.2) is 36.5 Å². The molecule has 2 aliphatic heterocycles. The average Bonchev–Trinajstić information content (AvgIpc) is 3.14. The van der Waals surface area contributed by atoms with Gasteiger partial charge >= 0.3 is 0 Å². The first-order valence-electron chi connectivity index (χ1n) is 9.32. The maximum Gasteiger partial charge on any atom is 0.251 e. The fourth-order valence-corrected chi connectivity index (χ4v) is 4.62. The van der Waals surface area contributed by atoms with Crippen LogP contribution < -0.4 is 10.1 Å². The summed E-state index contributed by atoms with van der Waals surface area (Å²) in [6.07, 6.45) is 2.38. The Morgan fingerprint density at radius 3 is 2.69 bits per heavy atom. The first-order valence-corrected chi connectivity index (χ1v) is 9.32. The Morgan fingerprint density at radius 2 is 1.96 bits per heavy atom. The summed E-state index contributed by atoms with van der Waals surface area (Å²) < 4.78 is 5.34. The van der Waals surface area contributed by atoms with Crippen LogP contribution >= 0.6 is 0 Å². The van der Waals surface area contributed by atoms with Crippen LogP contribution in [0.25, 0.3) is 0 Å². The van der Waals surface area contributed by atoms with Crippen molar-refractivity contribution in [1.82, 2.24) is 10.2 Å². The molecule has 1 aliphatic carbocycles. The zero-order valence-corrected chi connectivity index (χ0v) is 15.5. The van der Waals surface area contributed by atoms with Crippen LogP contribution in [0, 0.1) is 12.8 Å². The molecule has 1 amide bonds. The van der Waals surface area contributed by atoms with Gasteiger partial charge in [-0.05, 0) is 43.4 Å². The average molecular weight is 350 g/mol. The Hall–Kier alpha value is -2.33. The molecular formula is C22H26N2O2. The predicted molar refractivity (Wildman–Crippen MR) is 102 cm³/mol. The summed E-state index contributed by atoms with van der Waals surface area (Å²) >= 11 is 0. The molecule has 5 rings (SSSR count). The second kappa shape index (κ2) is 6.76. The normalized spacial score (nSPS) is 24.2. The number of benzene rings is 2. The monoisotopic (exact) mass is 350 g/mol.